The molecule has 1 atom stereocenters. The Kier molecular flexibility index (Phi) is 5.00. The predicted molar refractivity (Wildman–Crippen MR) is 83.8 cm³/mol. The van der Waals surface area contributed by atoms with Crippen LogP contribution in [-0.2, 0) is 15.9 Å². The summed E-state index contributed by atoms with van der Waals surface area (Å²) < 4.78 is 16.9. The van der Waals surface area contributed by atoms with E-state index in [1.165, 1.54) is 0 Å². The predicted octanol–water partition coefficient (Wildman–Crippen LogP) is 1.67. The Balaban J connectivity index is 1.50. The second-order valence-electron chi connectivity index (χ2n) is 5.78. The Labute approximate surface area is 131 Å². The number of ether oxygens (including phenoxy) is 2. The molecule has 3 rings (SSSR count). The molecular weight excluding hydrogens is 282 g/mol. The van der Waals surface area contributed by atoms with Crippen molar-refractivity contribution in [3.05, 3.63) is 24.2 Å². The molecule has 1 aromatic rings. The lowest BCUT2D eigenvalue weighted by Crippen LogP contribution is -2.43. The van der Waals surface area contributed by atoms with Gasteiger partial charge in [-0.3, -0.25) is 4.99 Å². The first kappa shape index (κ1) is 15.4. The summed E-state index contributed by atoms with van der Waals surface area (Å²) in [4.78, 5) is 4.62. The quantitative estimate of drug-likeness (QED) is 0.640. The molecule has 0 aromatic carbocycles. The normalized spacial score (nSPS) is 24.0. The molecule has 2 heterocycles. The minimum Gasteiger partial charge on any atom is -0.469 e. The molecule has 0 radical (unpaired) electrons. The SMILES string of the molecule is CCNC(=NCCc1ccco1)NC1CCC2(C1)OCCO2. The van der Waals surface area contributed by atoms with Gasteiger partial charge in [0, 0.05) is 38.4 Å². The molecule has 1 aliphatic heterocycles. The smallest absolute Gasteiger partial charge is 0.191 e. The van der Waals surface area contributed by atoms with Crippen LogP contribution in [0.4, 0.5) is 0 Å². The Morgan fingerprint density at radius 2 is 2.27 bits per heavy atom. The first-order chi connectivity index (χ1) is 10.8. The fraction of sp³-hybridized carbons (Fsp3) is 0.688. The van der Waals surface area contributed by atoms with Crippen LogP contribution in [0.15, 0.2) is 27.8 Å². The summed E-state index contributed by atoms with van der Waals surface area (Å²) in [6.07, 6.45) is 5.39. The Hall–Kier alpha value is -1.53. The van der Waals surface area contributed by atoms with E-state index in [0.29, 0.717) is 25.8 Å². The fourth-order valence-electron chi connectivity index (χ4n) is 3.10. The van der Waals surface area contributed by atoms with Crippen LogP contribution < -0.4 is 10.6 Å². The van der Waals surface area contributed by atoms with Crippen LogP contribution in [0.5, 0.6) is 0 Å². The maximum absolute atomic E-state index is 5.77. The Morgan fingerprint density at radius 3 is 3.00 bits per heavy atom. The van der Waals surface area contributed by atoms with Gasteiger partial charge in [0.15, 0.2) is 11.7 Å². The molecule has 1 aromatic heterocycles. The lowest BCUT2D eigenvalue weighted by atomic mass is 10.2. The molecule has 0 bridgehead atoms. The van der Waals surface area contributed by atoms with Crippen LogP contribution in [0.1, 0.15) is 31.9 Å². The molecule has 1 saturated carbocycles. The van der Waals surface area contributed by atoms with Crippen LogP contribution in [0, 0.1) is 0 Å². The van der Waals surface area contributed by atoms with E-state index in [1.807, 2.05) is 12.1 Å². The highest BCUT2D eigenvalue weighted by Gasteiger charge is 2.44. The average molecular weight is 307 g/mol. The molecule has 2 aliphatic rings. The average Bonchev–Trinajstić information content (AvgIpc) is 3.24. The summed E-state index contributed by atoms with van der Waals surface area (Å²) in [6, 6.07) is 4.23. The Bertz CT molecular complexity index is 481. The van der Waals surface area contributed by atoms with E-state index >= 15 is 0 Å². The highest BCUT2D eigenvalue weighted by molar-refractivity contribution is 5.80. The fourth-order valence-corrected chi connectivity index (χ4v) is 3.10. The monoisotopic (exact) mass is 307 g/mol. The van der Waals surface area contributed by atoms with Gasteiger partial charge < -0.3 is 24.5 Å². The first-order valence-electron chi connectivity index (χ1n) is 8.15. The molecule has 2 fully saturated rings. The minimum absolute atomic E-state index is 0.344. The lowest BCUT2D eigenvalue weighted by Gasteiger charge is -2.22. The van der Waals surface area contributed by atoms with Gasteiger partial charge in [-0.2, -0.15) is 0 Å². The molecule has 2 N–H and O–H groups in total. The second-order valence-corrected chi connectivity index (χ2v) is 5.78. The van der Waals surface area contributed by atoms with Crippen molar-refractivity contribution in [2.45, 2.75) is 44.4 Å². The standard InChI is InChI=1S/C16H25N3O3/c1-2-17-15(18-8-6-14-4-3-9-20-14)19-13-5-7-16(12-13)21-10-11-22-16/h3-4,9,13H,2,5-8,10-12H2,1H3,(H2,17,18,19). The van der Waals surface area contributed by atoms with Gasteiger partial charge in [0.2, 0.25) is 0 Å². The lowest BCUT2D eigenvalue weighted by molar-refractivity contribution is -0.151. The highest BCUT2D eigenvalue weighted by atomic mass is 16.7. The number of hydrogen-bond acceptors (Lipinski definition) is 4. The van der Waals surface area contributed by atoms with E-state index in [1.54, 1.807) is 6.26 Å². The van der Waals surface area contributed by atoms with Crippen molar-refractivity contribution >= 4 is 5.96 Å². The van der Waals surface area contributed by atoms with Crippen LogP contribution in [0.2, 0.25) is 0 Å². The number of guanidine groups is 1. The number of nitrogens with one attached hydrogen (secondary N) is 2. The van der Waals surface area contributed by atoms with Crippen molar-refractivity contribution in [1.82, 2.24) is 10.6 Å². The summed E-state index contributed by atoms with van der Waals surface area (Å²) in [6.45, 7) is 5.04. The molecule has 0 amide bonds. The third kappa shape index (κ3) is 3.81. The van der Waals surface area contributed by atoms with Gasteiger partial charge in [0.1, 0.15) is 5.76 Å². The zero-order valence-corrected chi connectivity index (χ0v) is 13.1. The van der Waals surface area contributed by atoms with Gasteiger partial charge >= 0.3 is 0 Å². The molecule has 1 spiro atoms. The third-order valence-electron chi connectivity index (χ3n) is 4.14. The van der Waals surface area contributed by atoms with Crippen LogP contribution in [-0.4, -0.2) is 44.1 Å². The van der Waals surface area contributed by atoms with Crippen molar-refractivity contribution in [3.8, 4) is 0 Å². The number of nitrogens with zero attached hydrogens (tertiary/aromatic N) is 1. The molecule has 1 aliphatic carbocycles. The van der Waals surface area contributed by atoms with Crippen molar-refractivity contribution in [2.75, 3.05) is 26.3 Å². The largest absolute Gasteiger partial charge is 0.469 e. The van der Waals surface area contributed by atoms with Gasteiger partial charge in [-0.05, 0) is 25.5 Å². The van der Waals surface area contributed by atoms with Crippen molar-refractivity contribution < 1.29 is 13.9 Å². The number of hydrogen-bond donors (Lipinski definition) is 2. The summed E-state index contributed by atoms with van der Waals surface area (Å²) in [5, 5.41) is 6.79. The number of furan rings is 1. The van der Waals surface area contributed by atoms with E-state index in [2.05, 4.69) is 22.5 Å². The maximum Gasteiger partial charge on any atom is 0.191 e. The molecule has 1 unspecified atom stereocenters. The molecule has 22 heavy (non-hydrogen) atoms. The second kappa shape index (κ2) is 7.15. The highest BCUT2D eigenvalue weighted by Crippen LogP contribution is 2.37. The van der Waals surface area contributed by atoms with Crippen molar-refractivity contribution in [1.29, 1.82) is 0 Å². The van der Waals surface area contributed by atoms with Crippen LogP contribution >= 0.6 is 0 Å². The number of rotatable bonds is 5. The van der Waals surface area contributed by atoms with Crippen LogP contribution in [0.3, 0.4) is 0 Å². The zero-order valence-electron chi connectivity index (χ0n) is 13.1. The summed E-state index contributed by atoms with van der Waals surface area (Å²) in [5.74, 6) is 1.48. The van der Waals surface area contributed by atoms with E-state index in [4.69, 9.17) is 13.9 Å². The van der Waals surface area contributed by atoms with Gasteiger partial charge in [-0.15, -0.1) is 0 Å². The third-order valence-corrected chi connectivity index (χ3v) is 4.14. The van der Waals surface area contributed by atoms with E-state index in [9.17, 15) is 0 Å². The summed E-state index contributed by atoms with van der Waals surface area (Å²) in [5.41, 5.74) is 0. The maximum atomic E-state index is 5.77. The van der Waals surface area contributed by atoms with Crippen molar-refractivity contribution in [3.63, 3.8) is 0 Å². The van der Waals surface area contributed by atoms with E-state index in [0.717, 1.165) is 43.9 Å². The van der Waals surface area contributed by atoms with Crippen LogP contribution in [0.25, 0.3) is 0 Å². The minimum atomic E-state index is -0.344. The number of aliphatic imine (C=N–C) groups is 1. The molecule has 122 valence electrons. The molecule has 1 saturated heterocycles. The topological polar surface area (TPSA) is 68.0 Å². The van der Waals surface area contributed by atoms with Gasteiger partial charge in [-0.1, -0.05) is 0 Å². The first-order valence-corrected chi connectivity index (χ1v) is 8.15. The molecule has 6 nitrogen and oxygen atoms in total. The van der Waals surface area contributed by atoms with E-state index < -0.39 is 0 Å². The van der Waals surface area contributed by atoms with Crippen molar-refractivity contribution in [2.24, 2.45) is 4.99 Å². The van der Waals surface area contributed by atoms with E-state index in [-0.39, 0.29) is 5.79 Å². The summed E-state index contributed by atoms with van der Waals surface area (Å²) >= 11 is 0. The molecule has 6 heteroatoms. The zero-order chi connectivity index (χ0) is 15.3. The van der Waals surface area contributed by atoms with Gasteiger partial charge in [-0.25, -0.2) is 0 Å². The molecular formula is C16H25N3O3. The van der Waals surface area contributed by atoms with Gasteiger partial charge in [0.25, 0.3) is 0 Å². The Morgan fingerprint density at radius 1 is 1.41 bits per heavy atom. The summed E-state index contributed by atoms with van der Waals surface area (Å²) in [7, 11) is 0. The van der Waals surface area contributed by atoms with Gasteiger partial charge in [0.05, 0.1) is 19.5 Å².